The van der Waals surface area contributed by atoms with Gasteiger partial charge in [0, 0.05) is 56.1 Å². The van der Waals surface area contributed by atoms with E-state index in [2.05, 4.69) is 40.3 Å². The van der Waals surface area contributed by atoms with Crippen LogP contribution in [0.5, 0.6) is 0 Å². The van der Waals surface area contributed by atoms with Gasteiger partial charge in [-0.3, -0.25) is 9.59 Å². The Labute approximate surface area is 216 Å². The maximum Gasteiger partial charge on any atom is 0.224 e. The molecule has 2 amide bonds. The molecule has 196 valence electrons. The highest BCUT2D eigenvalue weighted by atomic mass is 16.2. The van der Waals surface area contributed by atoms with Gasteiger partial charge in [-0.15, -0.1) is 0 Å². The van der Waals surface area contributed by atoms with Gasteiger partial charge in [-0.1, -0.05) is 13.3 Å². The Morgan fingerprint density at radius 1 is 1.00 bits per heavy atom. The maximum absolute atomic E-state index is 12.5. The zero-order valence-electron chi connectivity index (χ0n) is 22.2. The van der Waals surface area contributed by atoms with E-state index in [1.165, 1.54) is 51.5 Å². The Morgan fingerprint density at radius 2 is 1.78 bits per heavy atom. The van der Waals surface area contributed by atoms with Crippen molar-refractivity contribution in [1.29, 1.82) is 0 Å². The number of aromatic nitrogens is 1. The van der Waals surface area contributed by atoms with Crippen LogP contribution in [0.25, 0.3) is 10.9 Å². The first kappa shape index (κ1) is 26.4. The van der Waals surface area contributed by atoms with Crippen molar-refractivity contribution in [2.24, 2.45) is 0 Å². The standard InChI is InChI=1S/C29H43N5O2/c1-3-24-10-5-8-16-33(24)19-9-15-30-28(35)13-14-29(36)31-23-11-12-26-25(21-23)22(2)20-27(32-26)34-17-6-4-7-18-34/h11-12,20-21,24H,3-10,13-19H2,1-2H3,(H,30,35)(H,31,36)/t24-/m1/s1. The van der Waals surface area contributed by atoms with E-state index in [-0.39, 0.29) is 24.7 Å². The van der Waals surface area contributed by atoms with Crippen molar-refractivity contribution in [1.82, 2.24) is 15.2 Å². The van der Waals surface area contributed by atoms with Gasteiger partial charge in [0.2, 0.25) is 11.8 Å². The molecule has 0 bridgehead atoms. The lowest BCUT2D eigenvalue weighted by atomic mass is 10.00. The molecule has 0 radical (unpaired) electrons. The maximum atomic E-state index is 12.5. The van der Waals surface area contributed by atoms with E-state index in [4.69, 9.17) is 4.98 Å². The number of rotatable bonds is 10. The quantitative estimate of drug-likeness (QED) is 0.454. The monoisotopic (exact) mass is 493 g/mol. The number of pyridine rings is 1. The van der Waals surface area contributed by atoms with Crippen LogP contribution in [0, 0.1) is 6.92 Å². The highest BCUT2D eigenvalue weighted by molar-refractivity contribution is 5.96. The Bertz CT molecular complexity index is 1030. The largest absolute Gasteiger partial charge is 0.357 e. The van der Waals surface area contributed by atoms with Crippen LogP contribution in [0.1, 0.15) is 76.7 Å². The van der Waals surface area contributed by atoms with Gasteiger partial charge in [-0.25, -0.2) is 4.98 Å². The molecule has 0 spiro atoms. The number of carbonyl (C=O) groups is 2. The number of nitrogens with one attached hydrogen (secondary N) is 2. The number of benzene rings is 1. The summed E-state index contributed by atoms with van der Waals surface area (Å²) in [6, 6.07) is 8.71. The average Bonchev–Trinajstić information content (AvgIpc) is 2.91. The van der Waals surface area contributed by atoms with Crippen molar-refractivity contribution in [3.8, 4) is 0 Å². The normalized spacial score (nSPS) is 18.8. The van der Waals surface area contributed by atoms with E-state index in [1.807, 2.05) is 18.2 Å². The summed E-state index contributed by atoms with van der Waals surface area (Å²) in [5.41, 5.74) is 2.85. The van der Waals surface area contributed by atoms with E-state index in [0.717, 1.165) is 54.0 Å². The van der Waals surface area contributed by atoms with E-state index < -0.39 is 0 Å². The van der Waals surface area contributed by atoms with Gasteiger partial charge in [0.25, 0.3) is 0 Å². The number of hydrogen-bond acceptors (Lipinski definition) is 5. The van der Waals surface area contributed by atoms with Gasteiger partial charge < -0.3 is 20.4 Å². The molecule has 0 saturated carbocycles. The fourth-order valence-electron chi connectivity index (χ4n) is 5.60. The molecule has 4 rings (SSSR count). The molecule has 2 aromatic rings. The SMILES string of the molecule is CC[C@@H]1CCCCN1CCCNC(=O)CCC(=O)Nc1ccc2nc(N3CCCCC3)cc(C)c2c1. The molecule has 1 atom stereocenters. The van der Waals surface area contributed by atoms with Gasteiger partial charge >= 0.3 is 0 Å². The molecule has 2 N–H and O–H groups in total. The predicted molar refractivity (Wildman–Crippen MR) is 148 cm³/mol. The lowest BCUT2D eigenvalue weighted by Crippen LogP contribution is -2.40. The van der Waals surface area contributed by atoms with Crippen LogP contribution in [-0.4, -0.2) is 60.5 Å². The number of likely N-dealkylation sites (tertiary alicyclic amines) is 1. The highest BCUT2D eigenvalue weighted by Gasteiger charge is 2.20. The first-order chi connectivity index (χ1) is 17.5. The molecule has 7 heteroatoms. The third kappa shape index (κ3) is 7.19. The second-order valence-electron chi connectivity index (χ2n) is 10.4. The van der Waals surface area contributed by atoms with Gasteiger partial charge in [0.15, 0.2) is 0 Å². The van der Waals surface area contributed by atoms with Crippen molar-refractivity contribution in [2.75, 3.05) is 42.9 Å². The molecule has 7 nitrogen and oxygen atoms in total. The molecule has 36 heavy (non-hydrogen) atoms. The summed E-state index contributed by atoms with van der Waals surface area (Å²) in [6.07, 6.45) is 10.2. The van der Waals surface area contributed by atoms with Crippen LogP contribution in [0.3, 0.4) is 0 Å². The van der Waals surface area contributed by atoms with Crippen molar-refractivity contribution in [3.63, 3.8) is 0 Å². The number of anilines is 2. The summed E-state index contributed by atoms with van der Waals surface area (Å²) in [7, 11) is 0. The number of amides is 2. The highest BCUT2D eigenvalue weighted by Crippen LogP contribution is 2.27. The summed E-state index contributed by atoms with van der Waals surface area (Å²) < 4.78 is 0. The van der Waals surface area contributed by atoms with Gasteiger partial charge in [0.1, 0.15) is 5.82 Å². The molecular formula is C29H43N5O2. The van der Waals surface area contributed by atoms with E-state index in [0.29, 0.717) is 12.6 Å². The molecule has 1 aromatic carbocycles. The van der Waals surface area contributed by atoms with Gasteiger partial charge in [-0.05, 0) is 88.2 Å². The molecular weight excluding hydrogens is 450 g/mol. The fourth-order valence-corrected chi connectivity index (χ4v) is 5.60. The summed E-state index contributed by atoms with van der Waals surface area (Å²) in [6.45, 7) is 9.38. The smallest absolute Gasteiger partial charge is 0.224 e. The van der Waals surface area contributed by atoms with Crippen molar-refractivity contribution in [3.05, 3.63) is 29.8 Å². The van der Waals surface area contributed by atoms with Crippen LogP contribution in [0.15, 0.2) is 24.3 Å². The van der Waals surface area contributed by atoms with Crippen molar-refractivity contribution in [2.45, 2.75) is 84.1 Å². The third-order valence-electron chi connectivity index (χ3n) is 7.71. The lowest BCUT2D eigenvalue weighted by molar-refractivity contribution is -0.124. The molecule has 1 aromatic heterocycles. The predicted octanol–water partition coefficient (Wildman–Crippen LogP) is 5.02. The Hall–Kier alpha value is -2.67. The molecule has 2 saturated heterocycles. The average molecular weight is 494 g/mol. The van der Waals surface area contributed by atoms with Crippen LogP contribution in [0.4, 0.5) is 11.5 Å². The molecule has 2 fully saturated rings. The topological polar surface area (TPSA) is 77.6 Å². The first-order valence-corrected chi connectivity index (χ1v) is 14.0. The van der Waals surface area contributed by atoms with Gasteiger partial charge in [0.05, 0.1) is 5.52 Å². The number of hydrogen-bond donors (Lipinski definition) is 2. The number of piperidine rings is 2. The zero-order valence-corrected chi connectivity index (χ0v) is 22.2. The lowest BCUT2D eigenvalue weighted by Gasteiger charge is -2.35. The molecule has 0 unspecified atom stereocenters. The minimum Gasteiger partial charge on any atom is -0.357 e. The van der Waals surface area contributed by atoms with Crippen LogP contribution < -0.4 is 15.5 Å². The minimum atomic E-state index is -0.140. The number of nitrogens with zero attached hydrogens (tertiary/aromatic N) is 3. The van der Waals surface area contributed by atoms with Crippen LogP contribution in [0.2, 0.25) is 0 Å². The van der Waals surface area contributed by atoms with Gasteiger partial charge in [-0.2, -0.15) is 0 Å². The van der Waals surface area contributed by atoms with Crippen LogP contribution >= 0.6 is 0 Å². The first-order valence-electron chi connectivity index (χ1n) is 14.0. The van der Waals surface area contributed by atoms with Crippen molar-refractivity contribution < 1.29 is 9.59 Å². The minimum absolute atomic E-state index is 0.0559. The number of fused-ring (bicyclic) bond motifs is 1. The Morgan fingerprint density at radius 3 is 2.58 bits per heavy atom. The number of aryl methyl sites for hydroxylation is 1. The Kier molecular flexibility index (Phi) is 9.56. The number of carbonyl (C=O) groups excluding carboxylic acids is 2. The van der Waals surface area contributed by atoms with E-state index in [1.54, 1.807) is 0 Å². The Balaban J connectivity index is 1.20. The molecule has 3 heterocycles. The van der Waals surface area contributed by atoms with E-state index in [9.17, 15) is 9.59 Å². The summed E-state index contributed by atoms with van der Waals surface area (Å²) in [5, 5.41) is 6.98. The third-order valence-corrected chi connectivity index (χ3v) is 7.71. The zero-order chi connectivity index (χ0) is 25.3. The second kappa shape index (κ2) is 13.0. The summed E-state index contributed by atoms with van der Waals surface area (Å²) >= 11 is 0. The molecule has 2 aliphatic rings. The second-order valence-corrected chi connectivity index (χ2v) is 10.4. The molecule has 0 aliphatic carbocycles. The van der Waals surface area contributed by atoms with E-state index >= 15 is 0 Å². The summed E-state index contributed by atoms with van der Waals surface area (Å²) in [5.74, 6) is 0.849. The fraction of sp³-hybridized carbons (Fsp3) is 0.621. The van der Waals surface area contributed by atoms with Crippen LogP contribution in [-0.2, 0) is 9.59 Å². The summed E-state index contributed by atoms with van der Waals surface area (Å²) in [4.78, 5) is 34.5. The molecule has 2 aliphatic heterocycles. The van der Waals surface area contributed by atoms with Crippen molar-refractivity contribution >= 4 is 34.2 Å².